The highest BCUT2D eigenvalue weighted by molar-refractivity contribution is 6.02. The van der Waals surface area contributed by atoms with E-state index in [0.717, 1.165) is 16.3 Å². The molecular weight excluding hydrogens is 316 g/mol. The van der Waals surface area contributed by atoms with Gasteiger partial charge in [0.15, 0.2) is 0 Å². The molecule has 0 fully saturated rings. The molecular formula is C19H16N4O2. The maximum atomic E-state index is 12.3. The Morgan fingerprint density at radius 3 is 2.52 bits per heavy atom. The minimum atomic E-state index is -0.274. The molecule has 6 nitrogen and oxygen atoms in total. The average molecular weight is 332 g/mol. The second kappa shape index (κ2) is 7.35. The molecule has 0 aliphatic rings. The fourth-order valence-corrected chi connectivity index (χ4v) is 2.41. The molecule has 0 atom stereocenters. The van der Waals surface area contributed by atoms with Crippen LogP contribution in [-0.2, 0) is 16.0 Å². The number of rotatable bonds is 5. The van der Waals surface area contributed by atoms with Crippen molar-refractivity contribution in [2.45, 2.75) is 6.42 Å². The molecule has 2 aromatic carbocycles. The Hall–Kier alpha value is -3.54. The minimum absolute atomic E-state index is 0.132. The van der Waals surface area contributed by atoms with E-state index in [1.54, 1.807) is 36.7 Å². The summed E-state index contributed by atoms with van der Waals surface area (Å²) in [6.45, 7) is 3.40. The number of anilines is 2. The van der Waals surface area contributed by atoms with Crippen molar-refractivity contribution in [3.8, 4) is 0 Å². The lowest BCUT2D eigenvalue weighted by molar-refractivity contribution is -0.115. The molecule has 0 radical (unpaired) electrons. The number of carbonyl (C=O) groups is 2. The smallest absolute Gasteiger partial charge is 0.247 e. The van der Waals surface area contributed by atoms with E-state index < -0.39 is 0 Å². The van der Waals surface area contributed by atoms with Crippen molar-refractivity contribution >= 4 is 34.0 Å². The van der Waals surface area contributed by atoms with Crippen LogP contribution >= 0.6 is 0 Å². The summed E-state index contributed by atoms with van der Waals surface area (Å²) >= 11 is 0. The van der Waals surface area contributed by atoms with E-state index in [0.29, 0.717) is 11.4 Å². The largest absolute Gasteiger partial charge is 0.325 e. The van der Waals surface area contributed by atoms with Crippen molar-refractivity contribution in [1.82, 2.24) is 10.2 Å². The second-order valence-electron chi connectivity index (χ2n) is 5.41. The summed E-state index contributed by atoms with van der Waals surface area (Å²) in [6.07, 6.45) is 4.71. The number of fused-ring (bicyclic) bond motifs is 1. The van der Waals surface area contributed by atoms with Crippen LogP contribution < -0.4 is 10.6 Å². The molecule has 1 heterocycles. The van der Waals surface area contributed by atoms with Crippen LogP contribution in [0.3, 0.4) is 0 Å². The summed E-state index contributed by atoms with van der Waals surface area (Å²) in [4.78, 5) is 23.6. The standard InChI is InChI=1S/C19H16N4O2/c1-2-18(24)22-15-8-6-13(7-9-15)10-19(25)23-17-5-3-4-14-11-20-21-12-16(14)17/h2-9,11-12H,1,10H2,(H,22,24)(H,23,25). The second-order valence-corrected chi connectivity index (χ2v) is 5.41. The van der Waals surface area contributed by atoms with Gasteiger partial charge in [-0.15, -0.1) is 0 Å². The Labute approximate surface area is 144 Å². The first kappa shape index (κ1) is 16.3. The zero-order chi connectivity index (χ0) is 17.6. The highest BCUT2D eigenvalue weighted by atomic mass is 16.2. The predicted molar refractivity (Wildman–Crippen MR) is 97.1 cm³/mol. The van der Waals surface area contributed by atoms with Gasteiger partial charge in [-0.25, -0.2) is 0 Å². The number of benzene rings is 2. The lowest BCUT2D eigenvalue weighted by Gasteiger charge is -2.09. The third-order valence-electron chi connectivity index (χ3n) is 3.64. The molecule has 3 rings (SSSR count). The quantitative estimate of drug-likeness (QED) is 0.704. The molecule has 0 bridgehead atoms. The Balaban J connectivity index is 1.68. The van der Waals surface area contributed by atoms with Gasteiger partial charge in [0.05, 0.1) is 24.5 Å². The van der Waals surface area contributed by atoms with Gasteiger partial charge in [-0.3, -0.25) is 9.59 Å². The van der Waals surface area contributed by atoms with Gasteiger partial charge < -0.3 is 10.6 Å². The van der Waals surface area contributed by atoms with Gasteiger partial charge in [-0.05, 0) is 29.8 Å². The fourth-order valence-electron chi connectivity index (χ4n) is 2.41. The zero-order valence-corrected chi connectivity index (χ0v) is 13.4. The molecule has 2 amide bonds. The Bertz CT molecular complexity index is 930. The molecule has 0 saturated heterocycles. The normalized spacial score (nSPS) is 10.2. The molecule has 25 heavy (non-hydrogen) atoms. The number of carbonyl (C=O) groups excluding carboxylic acids is 2. The summed E-state index contributed by atoms with van der Waals surface area (Å²) < 4.78 is 0. The molecule has 2 N–H and O–H groups in total. The third kappa shape index (κ3) is 4.06. The number of nitrogens with one attached hydrogen (secondary N) is 2. The van der Waals surface area contributed by atoms with E-state index >= 15 is 0 Å². The number of hydrogen-bond donors (Lipinski definition) is 2. The molecule has 3 aromatic rings. The van der Waals surface area contributed by atoms with Crippen LogP contribution in [-0.4, -0.2) is 22.0 Å². The van der Waals surface area contributed by atoms with E-state index in [4.69, 9.17) is 0 Å². The van der Waals surface area contributed by atoms with E-state index in [1.807, 2.05) is 18.2 Å². The first-order valence-corrected chi connectivity index (χ1v) is 7.67. The highest BCUT2D eigenvalue weighted by Crippen LogP contribution is 2.21. The maximum absolute atomic E-state index is 12.3. The third-order valence-corrected chi connectivity index (χ3v) is 3.64. The predicted octanol–water partition coefficient (Wildman–Crippen LogP) is 2.94. The van der Waals surface area contributed by atoms with E-state index in [1.165, 1.54) is 6.08 Å². The minimum Gasteiger partial charge on any atom is -0.325 e. The summed E-state index contributed by atoms with van der Waals surface area (Å²) in [7, 11) is 0. The van der Waals surface area contributed by atoms with Crippen LogP contribution in [0.15, 0.2) is 67.5 Å². The van der Waals surface area contributed by atoms with Gasteiger partial charge in [0.25, 0.3) is 0 Å². The molecule has 0 aliphatic heterocycles. The highest BCUT2D eigenvalue weighted by Gasteiger charge is 2.07. The van der Waals surface area contributed by atoms with Crippen LogP contribution in [0.1, 0.15) is 5.56 Å². The Kier molecular flexibility index (Phi) is 4.80. The molecule has 0 aliphatic carbocycles. The SMILES string of the molecule is C=CC(=O)Nc1ccc(CC(=O)Nc2cccc3cnncc23)cc1. The van der Waals surface area contributed by atoms with E-state index in [9.17, 15) is 9.59 Å². The lowest BCUT2D eigenvalue weighted by atomic mass is 10.1. The number of nitrogens with zero attached hydrogens (tertiary/aromatic N) is 2. The van der Waals surface area contributed by atoms with E-state index in [-0.39, 0.29) is 18.2 Å². The van der Waals surface area contributed by atoms with Crippen molar-refractivity contribution in [3.05, 3.63) is 73.1 Å². The van der Waals surface area contributed by atoms with Crippen molar-refractivity contribution in [1.29, 1.82) is 0 Å². The average Bonchev–Trinajstić information content (AvgIpc) is 2.63. The van der Waals surface area contributed by atoms with Gasteiger partial charge >= 0.3 is 0 Å². The fraction of sp³-hybridized carbons (Fsp3) is 0.0526. The zero-order valence-electron chi connectivity index (χ0n) is 13.4. The molecule has 6 heteroatoms. The summed E-state index contributed by atoms with van der Waals surface area (Å²) in [5.41, 5.74) is 2.20. The summed E-state index contributed by atoms with van der Waals surface area (Å²) in [5.74, 6) is -0.406. The Morgan fingerprint density at radius 1 is 1.00 bits per heavy atom. The van der Waals surface area contributed by atoms with Gasteiger partial charge in [0.2, 0.25) is 11.8 Å². The van der Waals surface area contributed by atoms with Gasteiger partial charge in [0.1, 0.15) is 0 Å². The monoisotopic (exact) mass is 332 g/mol. The van der Waals surface area contributed by atoms with Crippen molar-refractivity contribution in [2.24, 2.45) is 0 Å². The van der Waals surface area contributed by atoms with Gasteiger partial charge in [0, 0.05) is 16.5 Å². The van der Waals surface area contributed by atoms with Crippen LogP contribution in [0.5, 0.6) is 0 Å². The van der Waals surface area contributed by atoms with Crippen molar-refractivity contribution in [2.75, 3.05) is 10.6 Å². The molecule has 0 spiro atoms. The summed E-state index contributed by atoms with van der Waals surface area (Å²) in [5, 5.41) is 15.0. The molecule has 1 aromatic heterocycles. The summed E-state index contributed by atoms with van der Waals surface area (Å²) in [6, 6.07) is 12.7. The van der Waals surface area contributed by atoms with Crippen LogP contribution in [0.25, 0.3) is 10.8 Å². The van der Waals surface area contributed by atoms with Crippen molar-refractivity contribution < 1.29 is 9.59 Å². The molecule has 124 valence electrons. The number of aromatic nitrogens is 2. The number of amides is 2. The number of hydrogen-bond acceptors (Lipinski definition) is 4. The topological polar surface area (TPSA) is 84.0 Å². The first-order valence-electron chi connectivity index (χ1n) is 7.67. The van der Waals surface area contributed by atoms with Crippen LogP contribution in [0, 0.1) is 0 Å². The van der Waals surface area contributed by atoms with Crippen molar-refractivity contribution in [3.63, 3.8) is 0 Å². The lowest BCUT2D eigenvalue weighted by Crippen LogP contribution is -2.14. The van der Waals surface area contributed by atoms with Gasteiger partial charge in [-0.2, -0.15) is 10.2 Å². The first-order chi connectivity index (χ1) is 12.2. The maximum Gasteiger partial charge on any atom is 0.247 e. The van der Waals surface area contributed by atoms with E-state index in [2.05, 4.69) is 27.4 Å². The molecule has 0 unspecified atom stereocenters. The van der Waals surface area contributed by atoms with Crippen LogP contribution in [0.2, 0.25) is 0 Å². The Morgan fingerprint density at radius 2 is 1.76 bits per heavy atom. The van der Waals surface area contributed by atoms with Crippen LogP contribution in [0.4, 0.5) is 11.4 Å². The molecule has 0 saturated carbocycles. The van der Waals surface area contributed by atoms with Gasteiger partial charge in [-0.1, -0.05) is 30.8 Å².